The first-order valence-electron chi connectivity index (χ1n) is 7.75. The van der Waals surface area contributed by atoms with E-state index in [0.29, 0.717) is 12.1 Å². The Morgan fingerprint density at radius 3 is 2.33 bits per heavy atom. The van der Waals surface area contributed by atoms with Gasteiger partial charge in [0.25, 0.3) is 0 Å². The third kappa shape index (κ3) is 4.66. The zero-order valence-electron chi connectivity index (χ0n) is 14.1. The summed E-state index contributed by atoms with van der Waals surface area (Å²) >= 11 is 0. The van der Waals surface area contributed by atoms with Gasteiger partial charge in [-0.25, -0.2) is 0 Å². The minimum Gasteiger partial charge on any atom is -0.381 e. The van der Waals surface area contributed by atoms with Crippen LogP contribution in [0.3, 0.4) is 0 Å². The van der Waals surface area contributed by atoms with E-state index in [2.05, 4.69) is 9.88 Å². The number of aromatic nitrogens is 1. The number of alkyl halides is 3. The van der Waals surface area contributed by atoms with Gasteiger partial charge in [-0.3, -0.25) is 9.88 Å². The smallest absolute Gasteiger partial charge is 0.381 e. The number of ether oxygens (including phenoxy) is 3. The van der Waals surface area contributed by atoms with Crippen molar-refractivity contribution >= 4 is 0 Å². The van der Waals surface area contributed by atoms with E-state index in [0.717, 1.165) is 32.0 Å². The van der Waals surface area contributed by atoms with Crippen molar-refractivity contribution in [3.63, 3.8) is 0 Å². The van der Waals surface area contributed by atoms with Crippen molar-refractivity contribution in [2.75, 3.05) is 34.4 Å². The quantitative estimate of drug-likeness (QED) is 0.740. The van der Waals surface area contributed by atoms with Crippen LogP contribution in [-0.4, -0.2) is 50.4 Å². The fraction of sp³-hybridized carbons (Fsp3) is 0.688. The summed E-state index contributed by atoms with van der Waals surface area (Å²) in [7, 11) is 4.24. The van der Waals surface area contributed by atoms with Crippen molar-refractivity contribution in [2.24, 2.45) is 0 Å². The maximum Gasteiger partial charge on any atom is 0.418 e. The van der Waals surface area contributed by atoms with Gasteiger partial charge in [0, 0.05) is 47.2 Å². The van der Waals surface area contributed by atoms with E-state index in [1.165, 1.54) is 20.4 Å². The Bertz CT molecular complexity index is 528. The normalized spacial score (nSPS) is 17.6. The number of piperidine rings is 1. The van der Waals surface area contributed by atoms with Crippen LogP contribution in [0.5, 0.6) is 0 Å². The zero-order valence-corrected chi connectivity index (χ0v) is 14.1. The van der Waals surface area contributed by atoms with E-state index in [9.17, 15) is 13.2 Å². The molecule has 136 valence electrons. The lowest BCUT2D eigenvalue weighted by Gasteiger charge is -2.31. The first kappa shape index (κ1) is 19.1. The largest absolute Gasteiger partial charge is 0.418 e. The second kappa shape index (κ2) is 8.24. The third-order valence-electron chi connectivity index (χ3n) is 4.21. The number of pyridine rings is 1. The van der Waals surface area contributed by atoms with Crippen molar-refractivity contribution in [1.82, 2.24) is 9.88 Å². The average molecular weight is 348 g/mol. The first-order valence-corrected chi connectivity index (χ1v) is 7.75. The molecule has 1 fully saturated rings. The Morgan fingerprint density at radius 1 is 1.21 bits per heavy atom. The van der Waals surface area contributed by atoms with Gasteiger partial charge in [0.2, 0.25) is 6.29 Å². The molecule has 0 aromatic carbocycles. The lowest BCUT2D eigenvalue weighted by atomic mass is 10.1. The third-order valence-corrected chi connectivity index (χ3v) is 4.21. The predicted octanol–water partition coefficient (Wildman–Crippen LogP) is 3.00. The Hall–Kier alpha value is -1.22. The number of hydrogen-bond donors (Lipinski definition) is 0. The van der Waals surface area contributed by atoms with Crippen LogP contribution in [0.2, 0.25) is 0 Å². The molecule has 1 aromatic heterocycles. The number of halogens is 3. The summed E-state index contributed by atoms with van der Waals surface area (Å²) in [6.45, 7) is 2.01. The van der Waals surface area contributed by atoms with Gasteiger partial charge in [0.1, 0.15) is 5.69 Å². The molecule has 1 aliphatic rings. The molecule has 1 saturated heterocycles. The summed E-state index contributed by atoms with van der Waals surface area (Å²) in [5.41, 5.74) is -0.553. The topological polar surface area (TPSA) is 43.8 Å². The molecule has 0 bridgehead atoms. The van der Waals surface area contributed by atoms with Crippen LogP contribution < -0.4 is 0 Å². The molecule has 1 aliphatic heterocycles. The average Bonchev–Trinajstić information content (AvgIpc) is 2.57. The molecule has 0 atom stereocenters. The molecule has 0 N–H and O–H groups in total. The Labute approximate surface area is 139 Å². The van der Waals surface area contributed by atoms with E-state index in [4.69, 9.17) is 14.2 Å². The second-order valence-electron chi connectivity index (χ2n) is 5.79. The lowest BCUT2D eigenvalue weighted by molar-refractivity contribution is -0.149. The van der Waals surface area contributed by atoms with E-state index in [1.54, 1.807) is 7.11 Å². The minimum absolute atomic E-state index is 0.233. The summed E-state index contributed by atoms with van der Waals surface area (Å²) in [5.74, 6) is 0. The monoisotopic (exact) mass is 348 g/mol. The molecule has 0 saturated carbocycles. The first-order chi connectivity index (χ1) is 11.4. The van der Waals surface area contributed by atoms with Gasteiger partial charge in [-0.1, -0.05) is 0 Å². The molecule has 5 nitrogen and oxygen atoms in total. The van der Waals surface area contributed by atoms with Gasteiger partial charge in [-0.15, -0.1) is 0 Å². The van der Waals surface area contributed by atoms with E-state index in [1.807, 2.05) is 0 Å². The van der Waals surface area contributed by atoms with Crippen LogP contribution in [0.25, 0.3) is 0 Å². The highest BCUT2D eigenvalue weighted by Gasteiger charge is 2.37. The molecule has 24 heavy (non-hydrogen) atoms. The van der Waals surface area contributed by atoms with Crippen LogP contribution in [0.1, 0.15) is 36.0 Å². The SMILES string of the molecule is COC1CCN(Cc2cnc(C(OC)OC)c(C(F)(F)F)c2)CC1. The van der Waals surface area contributed by atoms with Gasteiger partial charge in [0.15, 0.2) is 0 Å². The van der Waals surface area contributed by atoms with Gasteiger partial charge >= 0.3 is 6.18 Å². The van der Waals surface area contributed by atoms with Crippen molar-refractivity contribution < 1.29 is 27.4 Å². The molecule has 1 aromatic rings. The number of hydrogen-bond acceptors (Lipinski definition) is 5. The molecule has 0 spiro atoms. The summed E-state index contributed by atoms with van der Waals surface area (Å²) in [6.07, 6.45) is -2.22. The summed E-state index contributed by atoms with van der Waals surface area (Å²) < 4.78 is 55.2. The Morgan fingerprint density at radius 2 is 1.83 bits per heavy atom. The highest BCUT2D eigenvalue weighted by atomic mass is 19.4. The van der Waals surface area contributed by atoms with Crippen molar-refractivity contribution in [3.05, 3.63) is 29.1 Å². The van der Waals surface area contributed by atoms with Crippen LogP contribution in [0.4, 0.5) is 13.2 Å². The van der Waals surface area contributed by atoms with E-state index in [-0.39, 0.29) is 11.8 Å². The number of likely N-dealkylation sites (tertiary alicyclic amines) is 1. The molecule has 2 heterocycles. The molecule has 0 aliphatic carbocycles. The van der Waals surface area contributed by atoms with Gasteiger partial charge in [-0.05, 0) is 24.5 Å². The minimum atomic E-state index is -4.52. The highest BCUT2D eigenvalue weighted by molar-refractivity contribution is 5.29. The van der Waals surface area contributed by atoms with Crippen LogP contribution in [0, 0.1) is 0 Å². The fourth-order valence-electron chi connectivity index (χ4n) is 2.90. The Balaban J connectivity index is 2.17. The molecule has 0 radical (unpaired) electrons. The van der Waals surface area contributed by atoms with Gasteiger partial charge in [-0.2, -0.15) is 13.2 Å². The van der Waals surface area contributed by atoms with Crippen LogP contribution in [0.15, 0.2) is 12.3 Å². The van der Waals surface area contributed by atoms with Crippen molar-refractivity contribution in [3.8, 4) is 0 Å². The highest BCUT2D eigenvalue weighted by Crippen LogP contribution is 2.35. The summed E-state index contributed by atoms with van der Waals surface area (Å²) in [5, 5.41) is 0. The predicted molar refractivity (Wildman–Crippen MR) is 81.3 cm³/mol. The second-order valence-corrected chi connectivity index (χ2v) is 5.79. The van der Waals surface area contributed by atoms with Crippen LogP contribution in [-0.2, 0) is 26.9 Å². The summed E-state index contributed by atoms with van der Waals surface area (Å²) in [6, 6.07) is 1.13. The zero-order chi connectivity index (χ0) is 17.7. The van der Waals surface area contributed by atoms with E-state index < -0.39 is 18.0 Å². The maximum absolute atomic E-state index is 13.4. The number of methoxy groups -OCH3 is 3. The van der Waals surface area contributed by atoms with Gasteiger partial charge in [0.05, 0.1) is 11.7 Å². The molecule has 2 rings (SSSR count). The summed E-state index contributed by atoms with van der Waals surface area (Å²) in [4.78, 5) is 6.07. The number of nitrogens with zero attached hydrogens (tertiary/aromatic N) is 2. The maximum atomic E-state index is 13.4. The van der Waals surface area contributed by atoms with Crippen LogP contribution >= 0.6 is 0 Å². The van der Waals surface area contributed by atoms with Crippen molar-refractivity contribution in [2.45, 2.75) is 38.0 Å². The molecule has 0 amide bonds. The van der Waals surface area contributed by atoms with Gasteiger partial charge < -0.3 is 14.2 Å². The fourth-order valence-corrected chi connectivity index (χ4v) is 2.90. The lowest BCUT2D eigenvalue weighted by Crippen LogP contribution is -2.36. The number of rotatable bonds is 6. The molecular weight excluding hydrogens is 325 g/mol. The Kier molecular flexibility index (Phi) is 6.56. The standard InChI is InChI=1S/C16H23F3N2O3/c1-22-12-4-6-21(7-5-12)10-11-8-13(16(17,18)19)14(20-9-11)15(23-2)24-3/h8-9,12,15H,4-7,10H2,1-3H3. The molecule has 8 heteroatoms. The molecular formula is C16H23F3N2O3. The molecule has 0 unspecified atom stereocenters. The van der Waals surface area contributed by atoms with E-state index >= 15 is 0 Å². The van der Waals surface area contributed by atoms with Crippen molar-refractivity contribution in [1.29, 1.82) is 0 Å².